The third-order valence-corrected chi connectivity index (χ3v) is 2.23. The molecule has 0 saturated carbocycles. The summed E-state index contributed by atoms with van der Waals surface area (Å²) >= 11 is 0. The predicted molar refractivity (Wildman–Crippen MR) is 49.6 cm³/mol. The molecule has 1 rings (SSSR count). The molecular formula is C10H14O3. The van der Waals surface area contributed by atoms with Gasteiger partial charge in [-0.2, -0.15) is 0 Å². The monoisotopic (exact) mass is 182 g/mol. The molecule has 0 unspecified atom stereocenters. The van der Waals surface area contributed by atoms with E-state index in [4.69, 9.17) is 4.42 Å². The van der Waals surface area contributed by atoms with Gasteiger partial charge in [0.2, 0.25) is 0 Å². The third kappa shape index (κ3) is 1.98. The van der Waals surface area contributed by atoms with E-state index < -0.39 is 5.60 Å². The van der Waals surface area contributed by atoms with Gasteiger partial charge in [-0.15, -0.1) is 0 Å². The summed E-state index contributed by atoms with van der Waals surface area (Å²) in [5.74, 6) is 0.325. The molecule has 1 aromatic rings. The lowest BCUT2D eigenvalue weighted by molar-refractivity contribution is 0.0269. The number of aryl methyl sites for hydroxylation is 1. The van der Waals surface area contributed by atoms with Crippen LogP contribution in [0.1, 0.15) is 31.6 Å². The maximum Gasteiger partial charge on any atom is 0.338 e. The second-order valence-corrected chi connectivity index (χ2v) is 3.40. The topological polar surface area (TPSA) is 50.4 Å². The third-order valence-electron chi connectivity index (χ3n) is 2.23. The maximum atomic E-state index is 11.1. The van der Waals surface area contributed by atoms with E-state index in [0.717, 1.165) is 0 Å². The van der Waals surface area contributed by atoms with Crippen LogP contribution in [0.4, 0.5) is 0 Å². The normalized spacial score (nSPS) is 15.4. The Morgan fingerprint density at radius 3 is 2.62 bits per heavy atom. The van der Waals surface area contributed by atoms with Crippen LogP contribution in [0.25, 0.3) is 0 Å². The SMILES string of the molecule is CC[C@@](C)(O)c1ccc(C)c(=O)o1. The van der Waals surface area contributed by atoms with Crippen molar-refractivity contribution >= 4 is 0 Å². The fourth-order valence-corrected chi connectivity index (χ4v) is 0.947. The van der Waals surface area contributed by atoms with Crippen molar-refractivity contribution in [3.05, 3.63) is 33.9 Å². The lowest BCUT2D eigenvalue weighted by Crippen LogP contribution is -2.21. The van der Waals surface area contributed by atoms with Gasteiger partial charge >= 0.3 is 5.63 Å². The number of hydrogen-bond acceptors (Lipinski definition) is 3. The van der Waals surface area contributed by atoms with E-state index in [9.17, 15) is 9.90 Å². The Hall–Kier alpha value is -1.09. The summed E-state index contributed by atoms with van der Waals surface area (Å²) in [6.45, 7) is 5.14. The Bertz CT molecular complexity index is 349. The van der Waals surface area contributed by atoms with Crippen LogP contribution in [0.3, 0.4) is 0 Å². The molecule has 0 aromatic carbocycles. The highest BCUT2D eigenvalue weighted by Gasteiger charge is 2.23. The average molecular weight is 182 g/mol. The van der Waals surface area contributed by atoms with Crippen LogP contribution in [0, 0.1) is 6.92 Å². The van der Waals surface area contributed by atoms with E-state index in [1.54, 1.807) is 26.0 Å². The van der Waals surface area contributed by atoms with Crippen LogP contribution in [-0.2, 0) is 5.60 Å². The van der Waals surface area contributed by atoms with Gasteiger partial charge in [-0.1, -0.05) is 6.92 Å². The molecule has 1 heterocycles. The minimum absolute atomic E-state index is 0.325. The first-order valence-electron chi connectivity index (χ1n) is 4.31. The summed E-state index contributed by atoms with van der Waals surface area (Å²) in [6, 6.07) is 3.30. The van der Waals surface area contributed by atoms with Crippen molar-refractivity contribution in [3.8, 4) is 0 Å². The minimum atomic E-state index is -1.05. The first-order valence-corrected chi connectivity index (χ1v) is 4.31. The van der Waals surface area contributed by atoms with Crippen molar-refractivity contribution in [2.75, 3.05) is 0 Å². The number of rotatable bonds is 2. The molecule has 0 aliphatic rings. The molecule has 0 aliphatic heterocycles. The summed E-state index contributed by atoms with van der Waals surface area (Å²) in [4.78, 5) is 11.1. The van der Waals surface area contributed by atoms with Gasteiger partial charge in [0, 0.05) is 5.56 Å². The van der Waals surface area contributed by atoms with Gasteiger partial charge in [-0.05, 0) is 32.4 Å². The summed E-state index contributed by atoms with van der Waals surface area (Å²) in [5.41, 5.74) is -0.880. The summed E-state index contributed by atoms with van der Waals surface area (Å²) in [6.07, 6.45) is 0.513. The Morgan fingerprint density at radius 2 is 2.15 bits per heavy atom. The van der Waals surface area contributed by atoms with Crippen molar-refractivity contribution < 1.29 is 9.52 Å². The lowest BCUT2D eigenvalue weighted by atomic mass is 10.00. The predicted octanol–water partition coefficient (Wildman–Crippen LogP) is 1.57. The van der Waals surface area contributed by atoms with Crippen molar-refractivity contribution in [2.45, 2.75) is 32.8 Å². The maximum absolute atomic E-state index is 11.1. The van der Waals surface area contributed by atoms with Gasteiger partial charge in [0.1, 0.15) is 11.4 Å². The van der Waals surface area contributed by atoms with Gasteiger partial charge in [0.25, 0.3) is 0 Å². The average Bonchev–Trinajstić information content (AvgIpc) is 2.09. The fraction of sp³-hybridized carbons (Fsp3) is 0.500. The van der Waals surface area contributed by atoms with E-state index in [2.05, 4.69) is 0 Å². The molecule has 0 amide bonds. The molecule has 0 radical (unpaired) electrons. The molecular weight excluding hydrogens is 168 g/mol. The van der Waals surface area contributed by atoms with Crippen LogP contribution in [0.15, 0.2) is 21.3 Å². The van der Waals surface area contributed by atoms with Gasteiger partial charge in [0.15, 0.2) is 0 Å². The zero-order valence-corrected chi connectivity index (χ0v) is 8.13. The van der Waals surface area contributed by atoms with Crippen LogP contribution < -0.4 is 5.63 Å². The quantitative estimate of drug-likeness (QED) is 0.755. The molecule has 1 N–H and O–H groups in total. The van der Waals surface area contributed by atoms with E-state index in [0.29, 0.717) is 17.7 Å². The molecule has 0 fully saturated rings. The highest BCUT2D eigenvalue weighted by atomic mass is 16.4. The molecule has 72 valence electrons. The molecule has 0 saturated heterocycles. The number of aliphatic hydroxyl groups is 1. The van der Waals surface area contributed by atoms with E-state index in [1.165, 1.54) is 0 Å². The second-order valence-electron chi connectivity index (χ2n) is 3.40. The number of hydrogen-bond donors (Lipinski definition) is 1. The first-order chi connectivity index (χ1) is 5.97. The van der Waals surface area contributed by atoms with Gasteiger partial charge < -0.3 is 9.52 Å². The standard InChI is InChI=1S/C10H14O3/c1-4-10(3,12)8-6-5-7(2)9(11)13-8/h5-6,12H,4H2,1-3H3/t10-/m1/s1. The summed E-state index contributed by atoms with van der Waals surface area (Å²) in [7, 11) is 0. The summed E-state index contributed by atoms with van der Waals surface area (Å²) < 4.78 is 4.96. The van der Waals surface area contributed by atoms with E-state index in [1.807, 2.05) is 6.92 Å². The van der Waals surface area contributed by atoms with Crippen LogP contribution >= 0.6 is 0 Å². The van der Waals surface area contributed by atoms with Gasteiger partial charge in [-0.25, -0.2) is 4.79 Å². The minimum Gasteiger partial charge on any atom is -0.425 e. The van der Waals surface area contributed by atoms with Crippen LogP contribution in [-0.4, -0.2) is 5.11 Å². The lowest BCUT2D eigenvalue weighted by Gasteiger charge is -2.19. The van der Waals surface area contributed by atoms with E-state index >= 15 is 0 Å². The molecule has 3 heteroatoms. The van der Waals surface area contributed by atoms with Crippen molar-refractivity contribution in [3.63, 3.8) is 0 Å². The summed E-state index contributed by atoms with van der Waals surface area (Å²) in [5, 5.41) is 9.78. The highest BCUT2D eigenvalue weighted by molar-refractivity contribution is 5.13. The van der Waals surface area contributed by atoms with Crippen molar-refractivity contribution in [1.82, 2.24) is 0 Å². The van der Waals surface area contributed by atoms with E-state index in [-0.39, 0.29) is 5.63 Å². The molecule has 0 bridgehead atoms. The highest BCUT2D eigenvalue weighted by Crippen LogP contribution is 2.22. The van der Waals surface area contributed by atoms with Crippen LogP contribution in [0.5, 0.6) is 0 Å². The van der Waals surface area contributed by atoms with Crippen molar-refractivity contribution in [2.24, 2.45) is 0 Å². The Kier molecular flexibility index (Phi) is 2.57. The van der Waals surface area contributed by atoms with Crippen molar-refractivity contribution in [1.29, 1.82) is 0 Å². The first kappa shape index (κ1) is 9.99. The smallest absolute Gasteiger partial charge is 0.338 e. The molecule has 0 spiro atoms. The Labute approximate surface area is 77.0 Å². The molecule has 13 heavy (non-hydrogen) atoms. The second kappa shape index (κ2) is 3.34. The molecule has 1 aromatic heterocycles. The zero-order valence-electron chi connectivity index (χ0n) is 8.13. The largest absolute Gasteiger partial charge is 0.425 e. The molecule has 0 aliphatic carbocycles. The Morgan fingerprint density at radius 1 is 1.54 bits per heavy atom. The van der Waals surface area contributed by atoms with Gasteiger partial charge in [-0.3, -0.25) is 0 Å². The Balaban J connectivity index is 3.18. The van der Waals surface area contributed by atoms with Gasteiger partial charge in [0.05, 0.1) is 0 Å². The van der Waals surface area contributed by atoms with Crippen LogP contribution in [0.2, 0.25) is 0 Å². The molecule has 1 atom stereocenters. The molecule has 3 nitrogen and oxygen atoms in total. The zero-order chi connectivity index (χ0) is 10.1. The fourth-order valence-electron chi connectivity index (χ4n) is 0.947.